The number of unbranched alkanes of at least 4 members (excludes halogenated alkanes) is 1. The Morgan fingerprint density at radius 3 is 2.05 bits per heavy atom. The summed E-state index contributed by atoms with van der Waals surface area (Å²) >= 11 is 0. The van der Waals surface area contributed by atoms with Crippen LogP contribution in [0.2, 0.25) is 0 Å². The van der Waals surface area contributed by atoms with E-state index in [0.717, 1.165) is 36.3 Å². The van der Waals surface area contributed by atoms with Gasteiger partial charge in [-0.25, -0.2) is 4.79 Å². The highest BCUT2D eigenvalue weighted by Gasteiger charge is 2.17. The Bertz CT molecular complexity index is 958. The smallest absolute Gasteiger partial charge is 0.333 e. The van der Waals surface area contributed by atoms with Crippen LogP contribution in [0.3, 0.4) is 0 Å². The molecule has 0 aliphatic heterocycles. The molecule has 0 aliphatic rings. The van der Waals surface area contributed by atoms with Crippen molar-refractivity contribution in [3.05, 3.63) is 72.3 Å². The average Bonchev–Trinajstić information content (AvgIpc) is 2.95. The van der Waals surface area contributed by atoms with Crippen LogP contribution in [0.4, 0.5) is 0 Å². The molecule has 0 amide bonds. The van der Waals surface area contributed by atoms with Gasteiger partial charge in [0.2, 0.25) is 0 Å². The van der Waals surface area contributed by atoms with E-state index in [2.05, 4.69) is 13.5 Å². The van der Waals surface area contributed by atoms with Crippen molar-refractivity contribution < 1.29 is 38.0 Å². The normalized spacial score (nSPS) is 11.4. The molecule has 8 heteroatoms. The summed E-state index contributed by atoms with van der Waals surface area (Å²) in [7, 11) is 0. The van der Waals surface area contributed by atoms with Gasteiger partial charge in [-0.1, -0.05) is 43.8 Å². The molecule has 0 fully saturated rings. The number of hydrogen-bond donors (Lipinski definition) is 0. The van der Waals surface area contributed by atoms with Crippen molar-refractivity contribution in [2.75, 3.05) is 46.2 Å². The lowest BCUT2D eigenvalue weighted by Gasteiger charge is -2.18. The molecule has 39 heavy (non-hydrogen) atoms. The second kappa shape index (κ2) is 19.7. The standard InChI is InChI=1S/C31H42O8/c1-4-18-36-27-14-16-28(17-15-27)37-23-22-34-19-8-9-20-35-24-29(26-11-6-5-7-12-26)39-30(32)13-10-21-38-31(33)25(2)3/h5-7,11-12,14-17,29H,2,4,8-10,13,18-24H2,1,3H3. The lowest BCUT2D eigenvalue weighted by Crippen LogP contribution is -2.17. The van der Waals surface area contributed by atoms with Gasteiger partial charge in [-0.2, -0.15) is 0 Å². The molecule has 0 radical (unpaired) electrons. The molecule has 2 rings (SSSR count). The molecule has 2 aromatic carbocycles. The number of rotatable bonds is 21. The fraction of sp³-hybridized carbons (Fsp3) is 0.484. The molecule has 8 nitrogen and oxygen atoms in total. The van der Waals surface area contributed by atoms with Crippen LogP contribution in [-0.4, -0.2) is 58.2 Å². The van der Waals surface area contributed by atoms with Crippen LogP contribution in [0, 0.1) is 0 Å². The van der Waals surface area contributed by atoms with Gasteiger partial charge in [0, 0.05) is 25.2 Å². The van der Waals surface area contributed by atoms with Gasteiger partial charge in [0.05, 0.1) is 26.4 Å². The summed E-state index contributed by atoms with van der Waals surface area (Å²) in [5, 5.41) is 0. The van der Waals surface area contributed by atoms with Gasteiger partial charge in [0.15, 0.2) is 6.10 Å². The Labute approximate surface area is 232 Å². The monoisotopic (exact) mass is 542 g/mol. The van der Waals surface area contributed by atoms with Crippen LogP contribution in [0.1, 0.15) is 57.6 Å². The Hall–Kier alpha value is -3.36. The molecule has 0 aromatic heterocycles. The molecule has 0 saturated carbocycles. The Morgan fingerprint density at radius 1 is 0.769 bits per heavy atom. The molecule has 0 N–H and O–H groups in total. The average molecular weight is 543 g/mol. The minimum Gasteiger partial charge on any atom is -0.494 e. The van der Waals surface area contributed by atoms with Crippen LogP contribution < -0.4 is 9.47 Å². The number of carbonyl (C=O) groups is 2. The number of hydrogen-bond acceptors (Lipinski definition) is 8. The van der Waals surface area contributed by atoms with E-state index in [-0.39, 0.29) is 25.6 Å². The zero-order valence-corrected chi connectivity index (χ0v) is 23.2. The maximum atomic E-state index is 12.3. The lowest BCUT2D eigenvalue weighted by atomic mass is 10.1. The van der Waals surface area contributed by atoms with Gasteiger partial charge in [-0.3, -0.25) is 4.79 Å². The third kappa shape index (κ3) is 14.4. The highest BCUT2D eigenvalue weighted by molar-refractivity contribution is 5.86. The van der Waals surface area contributed by atoms with E-state index in [1.54, 1.807) is 6.92 Å². The second-order valence-electron chi connectivity index (χ2n) is 8.97. The van der Waals surface area contributed by atoms with Gasteiger partial charge in [0.1, 0.15) is 18.1 Å². The molecule has 0 saturated heterocycles. The Kier molecular flexibility index (Phi) is 16.1. The first kappa shape index (κ1) is 31.9. The van der Waals surface area contributed by atoms with Crippen LogP contribution in [0.25, 0.3) is 0 Å². The van der Waals surface area contributed by atoms with E-state index in [1.807, 2.05) is 54.6 Å². The molecule has 214 valence electrons. The summed E-state index contributed by atoms with van der Waals surface area (Å²) in [5.41, 5.74) is 1.20. The maximum Gasteiger partial charge on any atom is 0.333 e. The third-order valence-corrected chi connectivity index (χ3v) is 5.44. The number of ether oxygens (including phenoxy) is 6. The maximum absolute atomic E-state index is 12.3. The van der Waals surface area contributed by atoms with Gasteiger partial charge in [-0.05, 0) is 62.4 Å². The fourth-order valence-electron chi connectivity index (χ4n) is 3.36. The van der Waals surface area contributed by atoms with Crippen LogP contribution in [0.15, 0.2) is 66.7 Å². The van der Waals surface area contributed by atoms with E-state index in [4.69, 9.17) is 28.4 Å². The topological polar surface area (TPSA) is 89.5 Å². The van der Waals surface area contributed by atoms with Crippen LogP contribution in [0.5, 0.6) is 11.5 Å². The van der Waals surface area contributed by atoms with Crippen molar-refractivity contribution in [2.24, 2.45) is 0 Å². The second-order valence-corrected chi connectivity index (χ2v) is 8.97. The molecule has 0 bridgehead atoms. The first-order valence-corrected chi connectivity index (χ1v) is 13.6. The third-order valence-electron chi connectivity index (χ3n) is 5.44. The molecule has 2 aromatic rings. The summed E-state index contributed by atoms with van der Waals surface area (Å²) in [5.74, 6) is 0.803. The summed E-state index contributed by atoms with van der Waals surface area (Å²) in [6.45, 7) is 10.4. The van der Waals surface area contributed by atoms with E-state index in [1.165, 1.54) is 0 Å². The first-order chi connectivity index (χ1) is 19.0. The molecule has 1 atom stereocenters. The zero-order chi connectivity index (χ0) is 28.1. The van der Waals surface area contributed by atoms with Gasteiger partial charge in [0.25, 0.3) is 0 Å². The lowest BCUT2D eigenvalue weighted by molar-refractivity contribution is -0.154. The van der Waals surface area contributed by atoms with E-state index < -0.39 is 12.1 Å². The van der Waals surface area contributed by atoms with E-state index in [0.29, 0.717) is 45.0 Å². The summed E-state index contributed by atoms with van der Waals surface area (Å²) in [4.78, 5) is 23.8. The minimum absolute atomic E-state index is 0.142. The Morgan fingerprint density at radius 2 is 1.41 bits per heavy atom. The van der Waals surface area contributed by atoms with Gasteiger partial charge in [-0.15, -0.1) is 0 Å². The molecular formula is C31H42O8. The van der Waals surface area contributed by atoms with Crippen molar-refractivity contribution in [3.63, 3.8) is 0 Å². The minimum atomic E-state index is -0.502. The SMILES string of the molecule is C=C(C)C(=O)OCCCC(=O)OC(COCCCCOCCOc1ccc(OCCC)cc1)c1ccccc1. The predicted molar refractivity (Wildman–Crippen MR) is 149 cm³/mol. The molecule has 1 unspecified atom stereocenters. The van der Waals surface area contributed by atoms with Crippen LogP contribution >= 0.6 is 0 Å². The van der Waals surface area contributed by atoms with Crippen molar-refractivity contribution in [3.8, 4) is 11.5 Å². The van der Waals surface area contributed by atoms with Gasteiger partial charge >= 0.3 is 11.9 Å². The predicted octanol–water partition coefficient (Wildman–Crippen LogP) is 5.85. The summed E-state index contributed by atoms with van der Waals surface area (Å²) in [6, 6.07) is 17.1. The number of benzene rings is 2. The quantitative estimate of drug-likeness (QED) is 0.110. The highest BCUT2D eigenvalue weighted by atomic mass is 16.6. The van der Waals surface area contributed by atoms with Crippen molar-refractivity contribution >= 4 is 11.9 Å². The fourth-order valence-corrected chi connectivity index (χ4v) is 3.36. The molecule has 0 aliphatic carbocycles. The molecule has 0 heterocycles. The highest BCUT2D eigenvalue weighted by Crippen LogP contribution is 2.19. The molecule has 0 spiro atoms. The largest absolute Gasteiger partial charge is 0.494 e. The van der Waals surface area contributed by atoms with Gasteiger partial charge < -0.3 is 28.4 Å². The summed E-state index contributed by atoms with van der Waals surface area (Å²) in [6.07, 6.45) is 2.67. The molecular weight excluding hydrogens is 500 g/mol. The number of esters is 2. The zero-order valence-electron chi connectivity index (χ0n) is 23.2. The number of carbonyl (C=O) groups excluding carboxylic acids is 2. The van der Waals surface area contributed by atoms with Crippen molar-refractivity contribution in [2.45, 2.75) is 52.1 Å². The summed E-state index contributed by atoms with van der Waals surface area (Å²) < 4.78 is 33.4. The van der Waals surface area contributed by atoms with E-state index >= 15 is 0 Å². The Balaban J connectivity index is 1.56. The van der Waals surface area contributed by atoms with Crippen molar-refractivity contribution in [1.29, 1.82) is 0 Å². The van der Waals surface area contributed by atoms with E-state index in [9.17, 15) is 9.59 Å². The first-order valence-electron chi connectivity index (χ1n) is 13.6. The van der Waals surface area contributed by atoms with Crippen LogP contribution in [-0.2, 0) is 28.5 Å². The van der Waals surface area contributed by atoms with Crippen molar-refractivity contribution in [1.82, 2.24) is 0 Å².